The topological polar surface area (TPSA) is 78.1 Å². The van der Waals surface area contributed by atoms with E-state index < -0.39 is 0 Å². The standard InChI is InChI=1S/C18H22N4O2S/c1-12-10-16(23)21-18(19-12)22-8-6-14(7-9-22)20-17(24)13-4-3-5-15(11-13)25-2/h3-5,10-11,14H,6-9H2,1-2H3,(H,20,24)(H,19,21,23). The molecule has 2 aromatic rings. The number of rotatable bonds is 4. The zero-order valence-electron chi connectivity index (χ0n) is 14.4. The molecule has 132 valence electrons. The van der Waals surface area contributed by atoms with Crippen LogP contribution < -0.4 is 15.8 Å². The molecular formula is C18H22N4O2S. The number of aromatic amines is 1. The average Bonchev–Trinajstić information content (AvgIpc) is 2.61. The van der Waals surface area contributed by atoms with E-state index in [4.69, 9.17) is 0 Å². The maximum Gasteiger partial charge on any atom is 0.252 e. The van der Waals surface area contributed by atoms with Gasteiger partial charge in [0.05, 0.1) is 0 Å². The van der Waals surface area contributed by atoms with Crippen LogP contribution in [0.4, 0.5) is 5.95 Å². The highest BCUT2D eigenvalue weighted by Crippen LogP contribution is 2.18. The number of thioether (sulfide) groups is 1. The number of anilines is 1. The van der Waals surface area contributed by atoms with Crippen LogP contribution in [0.15, 0.2) is 40.0 Å². The monoisotopic (exact) mass is 358 g/mol. The molecule has 0 unspecified atom stereocenters. The summed E-state index contributed by atoms with van der Waals surface area (Å²) >= 11 is 1.62. The number of carbonyl (C=O) groups is 1. The number of carbonyl (C=O) groups excluding carboxylic acids is 1. The molecule has 6 nitrogen and oxygen atoms in total. The van der Waals surface area contributed by atoms with Crippen LogP contribution >= 0.6 is 11.8 Å². The minimum Gasteiger partial charge on any atom is -0.349 e. The maximum atomic E-state index is 12.4. The van der Waals surface area contributed by atoms with Gasteiger partial charge in [0.1, 0.15) is 0 Å². The molecule has 3 rings (SSSR count). The van der Waals surface area contributed by atoms with Crippen molar-refractivity contribution < 1.29 is 4.79 Å². The summed E-state index contributed by atoms with van der Waals surface area (Å²) in [5, 5.41) is 3.11. The van der Waals surface area contributed by atoms with E-state index in [2.05, 4.69) is 20.2 Å². The Hall–Kier alpha value is -2.28. The van der Waals surface area contributed by atoms with E-state index in [1.807, 2.05) is 37.4 Å². The lowest BCUT2D eigenvalue weighted by atomic mass is 10.0. The minimum absolute atomic E-state index is 0.0311. The molecule has 1 aromatic heterocycles. The van der Waals surface area contributed by atoms with Crippen LogP contribution in [-0.4, -0.2) is 41.3 Å². The third-order valence-corrected chi connectivity index (χ3v) is 5.04. The highest BCUT2D eigenvalue weighted by Gasteiger charge is 2.22. The second-order valence-corrected chi connectivity index (χ2v) is 7.06. The first-order valence-electron chi connectivity index (χ1n) is 8.33. The molecule has 1 saturated heterocycles. The van der Waals surface area contributed by atoms with Gasteiger partial charge >= 0.3 is 0 Å². The van der Waals surface area contributed by atoms with Crippen molar-refractivity contribution in [2.75, 3.05) is 24.2 Å². The zero-order valence-corrected chi connectivity index (χ0v) is 15.2. The first-order valence-corrected chi connectivity index (χ1v) is 9.55. The lowest BCUT2D eigenvalue weighted by Gasteiger charge is -2.32. The summed E-state index contributed by atoms with van der Waals surface area (Å²) in [7, 11) is 0. The number of benzene rings is 1. The average molecular weight is 358 g/mol. The Balaban J connectivity index is 1.58. The molecule has 1 fully saturated rings. The summed E-state index contributed by atoms with van der Waals surface area (Å²) < 4.78 is 0. The molecule has 1 aromatic carbocycles. The van der Waals surface area contributed by atoms with Gasteiger partial charge in [-0.2, -0.15) is 0 Å². The molecular weight excluding hydrogens is 336 g/mol. The molecule has 2 N–H and O–H groups in total. The third kappa shape index (κ3) is 4.42. The summed E-state index contributed by atoms with van der Waals surface area (Å²) in [5.41, 5.74) is 1.27. The minimum atomic E-state index is -0.133. The van der Waals surface area contributed by atoms with Crippen LogP contribution in [0.1, 0.15) is 28.9 Å². The van der Waals surface area contributed by atoms with E-state index in [-0.39, 0.29) is 17.5 Å². The van der Waals surface area contributed by atoms with Crippen LogP contribution in [0.5, 0.6) is 0 Å². The fraction of sp³-hybridized carbons (Fsp3) is 0.389. The van der Waals surface area contributed by atoms with Gasteiger partial charge in [-0.15, -0.1) is 11.8 Å². The van der Waals surface area contributed by atoms with E-state index in [9.17, 15) is 9.59 Å². The number of piperidine rings is 1. The van der Waals surface area contributed by atoms with Gasteiger partial charge in [-0.1, -0.05) is 6.07 Å². The first-order chi connectivity index (χ1) is 12.0. The Morgan fingerprint density at radius 1 is 1.32 bits per heavy atom. The number of H-pyrrole nitrogens is 1. The van der Waals surface area contributed by atoms with E-state index in [0.717, 1.165) is 30.8 Å². The number of amides is 1. The van der Waals surface area contributed by atoms with Crippen LogP contribution in [0, 0.1) is 6.92 Å². The Labute approximate surface area is 151 Å². The molecule has 0 aliphatic carbocycles. The Bertz CT molecular complexity index is 813. The summed E-state index contributed by atoms with van der Waals surface area (Å²) in [6.45, 7) is 3.32. The van der Waals surface area contributed by atoms with E-state index in [1.165, 1.54) is 6.07 Å². The molecule has 2 heterocycles. The Morgan fingerprint density at radius 2 is 2.08 bits per heavy atom. The largest absolute Gasteiger partial charge is 0.349 e. The SMILES string of the molecule is CSc1cccc(C(=O)NC2CCN(c3nc(C)cc(=O)[nH]3)CC2)c1. The molecule has 0 radical (unpaired) electrons. The maximum absolute atomic E-state index is 12.4. The normalized spacial score (nSPS) is 15.2. The van der Waals surface area contributed by atoms with Crippen molar-refractivity contribution in [1.29, 1.82) is 0 Å². The van der Waals surface area contributed by atoms with Crippen LogP contribution in [0.3, 0.4) is 0 Å². The number of hydrogen-bond donors (Lipinski definition) is 2. The molecule has 1 amide bonds. The zero-order chi connectivity index (χ0) is 17.8. The third-order valence-electron chi connectivity index (χ3n) is 4.32. The lowest BCUT2D eigenvalue weighted by Crippen LogP contribution is -2.45. The smallest absolute Gasteiger partial charge is 0.252 e. The van der Waals surface area contributed by atoms with Crippen LogP contribution in [-0.2, 0) is 0 Å². The van der Waals surface area contributed by atoms with E-state index >= 15 is 0 Å². The predicted molar refractivity (Wildman–Crippen MR) is 101 cm³/mol. The summed E-state index contributed by atoms with van der Waals surface area (Å²) in [4.78, 5) is 34.3. The molecule has 0 saturated carbocycles. The van der Waals surface area contributed by atoms with Gasteiger partial charge in [0, 0.05) is 41.4 Å². The van der Waals surface area contributed by atoms with Crippen LogP contribution in [0.2, 0.25) is 0 Å². The van der Waals surface area contributed by atoms with Crippen molar-refractivity contribution in [2.45, 2.75) is 30.7 Å². The molecule has 7 heteroatoms. The number of hydrogen-bond acceptors (Lipinski definition) is 5. The van der Waals surface area contributed by atoms with E-state index in [0.29, 0.717) is 17.2 Å². The van der Waals surface area contributed by atoms with Crippen molar-refractivity contribution in [1.82, 2.24) is 15.3 Å². The van der Waals surface area contributed by atoms with Gasteiger partial charge in [0.2, 0.25) is 5.95 Å². The Kier molecular flexibility index (Phi) is 5.43. The van der Waals surface area contributed by atoms with Crippen molar-refractivity contribution in [3.8, 4) is 0 Å². The second kappa shape index (κ2) is 7.74. The van der Waals surface area contributed by atoms with Crippen LogP contribution in [0.25, 0.3) is 0 Å². The summed E-state index contributed by atoms with van der Waals surface area (Å²) in [6.07, 6.45) is 3.65. The quantitative estimate of drug-likeness (QED) is 0.819. The van der Waals surface area contributed by atoms with Crippen molar-refractivity contribution in [2.24, 2.45) is 0 Å². The van der Waals surface area contributed by atoms with Crippen molar-refractivity contribution in [3.05, 3.63) is 51.9 Å². The fourth-order valence-electron chi connectivity index (χ4n) is 2.98. The number of nitrogens with zero attached hydrogens (tertiary/aromatic N) is 2. The molecule has 25 heavy (non-hydrogen) atoms. The summed E-state index contributed by atoms with van der Waals surface area (Å²) in [5.74, 6) is 0.582. The second-order valence-electron chi connectivity index (χ2n) is 6.18. The van der Waals surface area contributed by atoms with Gasteiger partial charge in [0.15, 0.2) is 0 Å². The van der Waals surface area contributed by atoms with Gasteiger partial charge in [0.25, 0.3) is 11.5 Å². The predicted octanol–water partition coefficient (Wildman–Crippen LogP) is 2.20. The highest BCUT2D eigenvalue weighted by atomic mass is 32.2. The molecule has 0 atom stereocenters. The highest BCUT2D eigenvalue weighted by molar-refractivity contribution is 7.98. The summed E-state index contributed by atoms with van der Waals surface area (Å²) in [6, 6.07) is 9.28. The first kappa shape index (κ1) is 17.5. The lowest BCUT2D eigenvalue weighted by molar-refractivity contribution is 0.0931. The van der Waals surface area contributed by atoms with Gasteiger partial charge < -0.3 is 10.2 Å². The number of aromatic nitrogens is 2. The molecule has 1 aliphatic heterocycles. The van der Waals surface area contributed by atoms with Gasteiger partial charge in [-0.25, -0.2) is 4.98 Å². The molecule has 0 spiro atoms. The number of aryl methyl sites for hydroxylation is 1. The van der Waals surface area contributed by atoms with Gasteiger partial charge in [-0.3, -0.25) is 14.6 Å². The van der Waals surface area contributed by atoms with E-state index in [1.54, 1.807) is 11.8 Å². The molecule has 0 bridgehead atoms. The fourth-order valence-corrected chi connectivity index (χ4v) is 3.44. The van der Waals surface area contributed by atoms with Crippen molar-refractivity contribution in [3.63, 3.8) is 0 Å². The van der Waals surface area contributed by atoms with Gasteiger partial charge in [-0.05, 0) is 44.2 Å². The Morgan fingerprint density at radius 3 is 2.76 bits per heavy atom. The molecule has 1 aliphatic rings. The number of nitrogens with one attached hydrogen (secondary N) is 2. The van der Waals surface area contributed by atoms with Crippen molar-refractivity contribution >= 4 is 23.6 Å².